The topological polar surface area (TPSA) is 48.8 Å². The smallest absolute Gasteiger partial charge is 0.149 e. The summed E-state index contributed by atoms with van der Waals surface area (Å²) in [5.74, 6) is 0.579. The Morgan fingerprint density at radius 3 is 2.80 bits per heavy atom. The number of halogens is 1. The SMILES string of the molecule is COc1cccc(CN2CCN(Cc3ccc4cccc(F)c4n3)C[C@@H]2CCO)c1. The lowest BCUT2D eigenvalue weighted by Crippen LogP contribution is -2.52. The van der Waals surface area contributed by atoms with Crippen LogP contribution in [0.5, 0.6) is 5.75 Å². The molecular formula is C24H28FN3O2. The normalized spacial score (nSPS) is 18.0. The van der Waals surface area contributed by atoms with Crippen LogP contribution in [0.1, 0.15) is 17.7 Å². The van der Waals surface area contributed by atoms with Crippen molar-refractivity contribution in [3.63, 3.8) is 0 Å². The van der Waals surface area contributed by atoms with Crippen LogP contribution in [0.4, 0.5) is 4.39 Å². The predicted molar refractivity (Wildman–Crippen MR) is 116 cm³/mol. The molecule has 1 aliphatic heterocycles. The second kappa shape index (κ2) is 9.51. The fourth-order valence-corrected chi connectivity index (χ4v) is 4.21. The molecule has 0 aliphatic carbocycles. The number of nitrogens with zero attached hydrogens (tertiary/aromatic N) is 3. The maximum atomic E-state index is 14.1. The lowest BCUT2D eigenvalue weighted by molar-refractivity contribution is 0.0494. The maximum absolute atomic E-state index is 14.1. The van der Waals surface area contributed by atoms with Crippen molar-refractivity contribution in [2.75, 3.05) is 33.4 Å². The Hall–Kier alpha value is -2.54. The Balaban J connectivity index is 1.44. The van der Waals surface area contributed by atoms with Gasteiger partial charge in [-0.2, -0.15) is 0 Å². The number of hydrogen-bond donors (Lipinski definition) is 1. The summed E-state index contributed by atoms with van der Waals surface area (Å²) in [6.07, 6.45) is 0.722. The first-order chi connectivity index (χ1) is 14.7. The molecule has 0 spiro atoms. The summed E-state index contributed by atoms with van der Waals surface area (Å²) in [4.78, 5) is 9.32. The number of piperazine rings is 1. The lowest BCUT2D eigenvalue weighted by Gasteiger charge is -2.41. The first kappa shape index (κ1) is 20.7. The number of para-hydroxylation sites is 1. The van der Waals surface area contributed by atoms with Gasteiger partial charge >= 0.3 is 0 Å². The molecule has 30 heavy (non-hydrogen) atoms. The van der Waals surface area contributed by atoms with E-state index in [2.05, 4.69) is 26.9 Å². The largest absolute Gasteiger partial charge is 0.497 e. The van der Waals surface area contributed by atoms with Gasteiger partial charge in [-0.05, 0) is 36.2 Å². The third-order valence-electron chi connectivity index (χ3n) is 5.79. The summed E-state index contributed by atoms with van der Waals surface area (Å²) in [5, 5.41) is 10.4. The van der Waals surface area contributed by atoms with Gasteiger partial charge in [0.25, 0.3) is 0 Å². The Morgan fingerprint density at radius 1 is 1.10 bits per heavy atom. The van der Waals surface area contributed by atoms with Gasteiger partial charge in [-0.25, -0.2) is 9.37 Å². The van der Waals surface area contributed by atoms with E-state index in [1.807, 2.05) is 30.3 Å². The Labute approximate surface area is 176 Å². The van der Waals surface area contributed by atoms with E-state index in [4.69, 9.17) is 4.74 Å². The molecule has 0 saturated carbocycles. The molecule has 3 aromatic rings. The molecular weight excluding hydrogens is 381 g/mol. The van der Waals surface area contributed by atoms with Gasteiger partial charge in [0.2, 0.25) is 0 Å². The first-order valence-corrected chi connectivity index (χ1v) is 10.4. The van der Waals surface area contributed by atoms with Crippen LogP contribution in [-0.4, -0.2) is 59.3 Å². The number of methoxy groups -OCH3 is 1. The van der Waals surface area contributed by atoms with Crippen molar-refractivity contribution in [3.05, 3.63) is 71.7 Å². The molecule has 4 rings (SSSR count). The fourth-order valence-electron chi connectivity index (χ4n) is 4.21. The molecule has 0 bridgehead atoms. The number of rotatable bonds is 7. The minimum absolute atomic E-state index is 0.159. The zero-order chi connectivity index (χ0) is 20.9. The second-order valence-corrected chi connectivity index (χ2v) is 7.84. The monoisotopic (exact) mass is 409 g/mol. The van der Waals surface area contributed by atoms with Crippen LogP contribution in [0.15, 0.2) is 54.6 Å². The number of aromatic nitrogens is 1. The second-order valence-electron chi connectivity index (χ2n) is 7.84. The zero-order valence-electron chi connectivity index (χ0n) is 17.3. The molecule has 158 valence electrons. The van der Waals surface area contributed by atoms with Crippen molar-refractivity contribution >= 4 is 10.9 Å². The molecule has 0 radical (unpaired) electrons. The van der Waals surface area contributed by atoms with Crippen LogP contribution in [-0.2, 0) is 13.1 Å². The van der Waals surface area contributed by atoms with Crippen LogP contribution in [0.2, 0.25) is 0 Å². The van der Waals surface area contributed by atoms with E-state index in [9.17, 15) is 9.50 Å². The molecule has 1 atom stereocenters. The van der Waals surface area contributed by atoms with Gasteiger partial charge in [0.05, 0.1) is 12.8 Å². The molecule has 1 aliphatic rings. The quantitative estimate of drug-likeness (QED) is 0.648. The number of aliphatic hydroxyl groups excluding tert-OH is 1. The molecule has 1 aromatic heterocycles. The van der Waals surface area contributed by atoms with E-state index in [1.54, 1.807) is 13.2 Å². The molecule has 2 aromatic carbocycles. The average Bonchev–Trinajstić information content (AvgIpc) is 2.76. The van der Waals surface area contributed by atoms with Gasteiger partial charge in [-0.15, -0.1) is 0 Å². The van der Waals surface area contributed by atoms with Crippen molar-refractivity contribution in [2.45, 2.75) is 25.6 Å². The Kier molecular flexibility index (Phi) is 6.57. The van der Waals surface area contributed by atoms with Crippen LogP contribution < -0.4 is 4.74 Å². The minimum atomic E-state index is -0.282. The fraction of sp³-hybridized carbons (Fsp3) is 0.375. The van der Waals surface area contributed by atoms with E-state index in [-0.39, 0.29) is 18.5 Å². The van der Waals surface area contributed by atoms with Crippen LogP contribution in [0.3, 0.4) is 0 Å². The Morgan fingerprint density at radius 2 is 1.97 bits per heavy atom. The van der Waals surface area contributed by atoms with Gasteiger partial charge in [0, 0.05) is 50.8 Å². The average molecular weight is 410 g/mol. The summed E-state index contributed by atoms with van der Waals surface area (Å²) in [6.45, 7) is 4.33. The number of pyridine rings is 1. The van der Waals surface area contributed by atoms with Crippen molar-refractivity contribution in [1.82, 2.24) is 14.8 Å². The number of benzene rings is 2. The van der Waals surface area contributed by atoms with E-state index < -0.39 is 0 Å². The third-order valence-corrected chi connectivity index (χ3v) is 5.79. The molecule has 5 nitrogen and oxygen atoms in total. The predicted octanol–water partition coefficient (Wildman–Crippen LogP) is 3.45. The van der Waals surface area contributed by atoms with Crippen LogP contribution in [0.25, 0.3) is 10.9 Å². The number of aliphatic hydroxyl groups is 1. The number of fused-ring (bicyclic) bond motifs is 1. The molecule has 1 saturated heterocycles. The van der Waals surface area contributed by atoms with Crippen molar-refractivity contribution in [3.8, 4) is 5.75 Å². The standard InChI is InChI=1S/C24H28FN3O2/c1-30-22-6-2-4-18(14-22)15-28-12-11-27(17-21(28)10-13-29)16-20-9-8-19-5-3-7-23(25)24(19)26-20/h2-9,14,21,29H,10-13,15-17H2,1H3/t21-/m0/s1. The summed E-state index contributed by atoms with van der Waals surface area (Å²) in [6, 6.07) is 17.3. The summed E-state index contributed by atoms with van der Waals surface area (Å²) < 4.78 is 19.4. The summed E-state index contributed by atoms with van der Waals surface area (Å²) in [7, 11) is 1.68. The highest BCUT2D eigenvalue weighted by Gasteiger charge is 2.27. The van der Waals surface area contributed by atoms with E-state index in [0.717, 1.165) is 49.4 Å². The minimum Gasteiger partial charge on any atom is -0.497 e. The van der Waals surface area contributed by atoms with Crippen molar-refractivity contribution < 1.29 is 14.2 Å². The first-order valence-electron chi connectivity index (χ1n) is 10.4. The highest BCUT2D eigenvalue weighted by Crippen LogP contribution is 2.21. The van der Waals surface area contributed by atoms with E-state index in [0.29, 0.717) is 12.1 Å². The summed E-state index contributed by atoms with van der Waals surface area (Å²) in [5.41, 5.74) is 2.51. The third kappa shape index (κ3) is 4.78. The molecule has 2 heterocycles. The maximum Gasteiger partial charge on any atom is 0.149 e. The van der Waals surface area contributed by atoms with Crippen molar-refractivity contribution in [2.24, 2.45) is 0 Å². The molecule has 1 N–H and O–H groups in total. The van der Waals surface area contributed by atoms with Gasteiger partial charge < -0.3 is 9.84 Å². The van der Waals surface area contributed by atoms with Gasteiger partial charge in [0.15, 0.2) is 0 Å². The molecule has 0 amide bonds. The van der Waals surface area contributed by atoms with Crippen LogP contribution >= 0.6 is 0 Å². The van der Waals surface area contributed by atoms with E-state index in [1.165, 1.54) is 11.6 Å². The Bertz CT molecular complexity index is 997. The lowest BCUT2D eigenvalue weighted by atomic mass is 10.1. The highest BCUT2D eigenvalue weighted by molar-refractivity contribution is 5.79. The van der Waals surface area contributed by atoms with Gasteiger partial charge in [-0.1, -0.05) is 30.3 Å². The number of hydrogen-bond acceptors (Lipinski definition) is 5. The van der Waals surface area contributed by atoms with E-state index >= 15 is 0 Å². The molecule has 0 unspecified atom stereocenters. The molecule has 6 heteroatoms. The van der Waals surface area contributed by atoms with Crippen LogP contribution in [0, 0.1) is 5.82 Å². The van der Waals surface area contributed by atoms with Crippen molar-refractivity contribution in [1.29, 1.82) is 0 Å². The zero-order valence-corrected chi connectivity index (χ0v) is 17.3. The summed E-state index contributed by atoms with van der Waals surface area (Å²) >= 11 is 0. The number of ether oxygens (including phenoxy) is 1. The van der Waals surface area contributed by atoms with Gasteiger partial charge in [-0.3, -0.25) is 9.80 Å². The van der Waals surface area contributed by atoms with Gasteiger partial charge in [0.1, 0.15) is 17.1 Å². The molecule has 1 fully saturated rings. The highest BCUT2D eigenvalue weighted by atomic mass is 19.1.